The highest BCUT2D eigenvalue weighted by Crippen LogP contribution is 2.41. The van der Waals surface area contributed by atoms with E-state index >= 15 is 0 Å². The van der Waals surface area contributed by atoms with Crippen molar-refractivity contribution >= 4 is 39.1 Å². The normalized spacial score (nSPS) is 14.7. The van der Waals surface area contributed by atoms with Crippen LogP contribution in [0.2, 0.25) is 0 Å². The molecule has 2 aromatic heterocycles. The van der Waals surface area contributed by atoms with Crippen molar-refractivity contribution in [2.45, 2.75) is 46.0 Å². The van der Waals surface area contributed by atoms with Crippen molar-refractivity contribution in [3.63, 3.8) is 0 Å². The van der Waals surface area contributed by atoms with E-state index in [0.29, 0.717) is 34.3 Å². The Kier molecular flexibility index (Phi) is 7.74. The molecule has 1 aliphatic rings. The van der Waals surface area contributed by atoms with Crippen molar-refractivity contribution in [3.05, 3.63) is 76.2 Å². The first kappa shape index (κ1) is 25.9. The number of hydrogen-bond acceptors (Lipinski definition) is 6. The van der Waals surface area contributed by atoms with Gasteiger partial charge < -0.3 is 14.8 Å². The van der Waals surface area contributed by atoms with Gasteiger partial charge in [0.05, 0.1) is 36.1 Å². The molecule has 0 bridgehead atoms. The number of carbonyl (C=O) groups is 2. The summed E-state index contributed by atoms with van der Waals surface area (Å²) in [6, 6.07) is 17.2. The molecule has 1 N–H and O–H groups in total. The number of fused-ring (bicyclic) bond motifs is 2. The molecule has 0 spiro atoms. The van der Waals surface area contributed by atoms with Gasteiger partial charge in [0.25, 0.3) is 5.91 Å². The highest BCUT2D eigenvalue weighted by molar-refractivity contribution is 7.17. The van der Waals surface area contributed by atoms with Gasteiger partial charge in [0, 0.05) is 15.8 Å². The van der Waals surface area contributed by atoms with Gasteiger partial charge in [-0.15, -0.1) is 11.3 Å². The van der Waals surface area contributed by atoms with Crippen LogP contribution in [-0.4, -0.2) is 30.6 Å². The number of hydrogen-bond donors (Lipinski definition) is 1. The van der Waals surface area contributed by atoms with Crippen LogP contribution in [0.1, 0.15) is 64.3 Å². The summed E-state index contributed by atoms with van der Waals surface area (Å²) in [4.78, 5) is 32.6. The minimum Gasteiger partial charge on any atom is -0.494 e. The highest BCUT2D eigenvalue weighted by Gasteiger charge is 2.30. The van der Waals surface area contributed by atoms with Gasteiger partial charge in [-0.25, -0.2) is 9.78 Å². The van der Waals surface area contributed by atoms with Crippen LogP contribution in [0.25, 0.3) is 22.2 Å². The summed E-state index contributed by atoms with van der Waals surface area (Å²) in [6.07, 6.45) is 4.81. The molecule has 0 fully saturated rings. The molecule has 1 atom stereocenters. The second kappa shape index (κ2) is 11.4. The molecule has 0 saturated heterocycles. The van der Waals surface area contributed by atoms with Crippen LogP contribution in [0.5, 0.6) is 5.75 Å². The third-order valence-corrected chi connectivity index (χ3v) is 8.29. The van der Waals surface area contributed by atoms with Crippen LogP contribution in [-0.2, 0) is 17.6 Å². The minimum absolute atomic E-state index is 0.279. The standard InChI is InChI=1S/C31H32N2O4S/c1-4-15-37-21-10-8-9-20(17-21)26-18-24(22-11-6-7-12-25(22)32-26)29(34)33-30-28(31(35)36-3)23-14-13-19(5-2)16-27(23)38-30/h6-12,17-19H,4-5,13-16H2,1-3H3,(H,33,34)/t19-/m0/s1. The number of aromatic nitrogens is 1. The van der Waals surface area contributed by atoms with Crippen molar-refractivity contribution in [2.75, 3.05) is 19.0 Å². The average molecular weight is 529 g/mol. The Balaban J connectivity index is 1.54. The van der Waals surface area contributed by atoms with Gasteiger partial charge >= 0.3 is 5.97 Å². The molecular weight excluding hydrogens is 496 g/mol. The fourth-order valence-corrected chi connectivity index (χ4v) is 6.40. The number of para-hydroxylation sites is 1. The lowest BCUT2D eigenvalue weighted by Crippen LogP contribution is -2.17. The zero-order valence-corrected chi connectivity index (χ0v) is 22.8. The number of thiophene rings is 1. The fourth-order valence-electron chi connectivity index (χ4n) is 5.06. The first-order valence-electron chi connectivity index (χ1n) is 13.2. The molecule has 2 aromatic carbocycles. The Morgan fingerprint density at radius 2 is 1.95 bits per heavy atom. The van der Waals surface area contributed by atoms with E-state index in [-0.39, 0.29) is 5.91 Å². The molecule has 0 radical (unpaired) electrons. The molecule has 0 saturated carbocycles. The predicted octanol–water partition coefficient (Wildman–Crippen LogP) is 7.31. The number of nitrogens with zero attached hydrogens (tertiary/aromatic N) is 1. The topological polar surface area (TPSA) is 77.5 Å². The zero-order chi connectivity index (χ0) is 26.6. The third-order valence-electron chi connectivity index (χ3n) is 7.12. The SMILES string of the molecule is CCCOc1cccc(-c2cc(C(=O)Nc3sc4c(c3C(=O)OC)CC[C@H](CC)C4)c3ccccc3n2)c1. The maximum Gasteiger partial charge on any atom is 0.341 e. The second-order valence-electron chi connectivity index (χ2n) is 9.62. The quantitative estimate of drug-likeness (QED) is 0.243. The summed E-state index contributed by atoms with van der Waals surface area (Å²) in [5, 5.41) is 4.37. The van der Waals surface area contributed by atoms with Crippen LogP contribution >= 0.6 is 11.3 Å². The van der Waals surface area contributed by atoms with Gasteiger partial charge in [0.2, 0.25) is 0 Å². The Bertz CT molecular complexity index is 1490. The summed E-state index contributed by atoms with van der Waals surface area (Å²) in [6.45, 7) is 4.90. The summed E-state index contributed by atoms with van der Waals surface area (Å²) < 4.78 is 10.9. The number of esters is 1. The number of benzene rings is 2. The van der Waals surface area contributed by atoms with Crippen LogP contribution in [0, 0.1) is 5.92 Å². The van der Waals surface area contributed by atoms with Gasteiger partial charge in [-0.05, 0) is 61.4 Å². The van der Waals surface area contributed by atoms with E-state index in [2.05, 4.69) is 19.2 Å². The van der Waals surface area contributed by atoms with Crippen LogP contribution in [0.4, 0.5) is 5.00 Å². The molecule has 1 amide bonds. The predicted molar refractivity (Wildman–Crippen MR) is 152 cm³/mol. The zero-order valence-electron chi connectivity index (χ0n) is 22.0. The van der Waals surface area contributed by atoms with Gasteiger partial charge in [-0.3, -0.25) is 4.79 Å². The fraction of sp³-hybridized carbons (Fsp3) is 0.323. The molecule has 0 unspecified atom stereocenters. The maximum absolute atomic E-state index is 13.8. The lowest BCUT2D eigenvalue weighted by molar-refractivity contribution is 0.0600. The number of nitrogens with one attached hydrogen (secondary N) is 1. The molecule has 1 aliphatic carbocycles. The molecule has 2 heterocycles. The van der Waals surface area contributed by atoms with E-state index in [4.69, 9.17) is 14.5 Å². The number of anilines is 1. The van der Waals surface area contributed by atoms with E-state index in [1.807, 2.05) is 54.6 Å². The molecule has 38 heavy (non-hydrogen) atoms. The van der Waals surface area contributed by atoms with E-state index in [1.54, 1.807) is 0 Å². The molecule has 5 rings (SSSR count). The minimum atomic E-state index is -0.406. The van der Waals surface area contributed by atoms with Crippen LogP contribution in [0.15, 0.2) is 54.6 Å². The van der Waals surface area contributed by atoms with Gasteiger partial charge in [0.15, 0.2) is 0 Å². The Morgan fingerprint density at radius 3 is 2.74 bits per heavy atom. The van der Waals surface area contributed by atoms with Crippen molar-refractivity contribution in [1.82, 2.24) is 4.98 Å². The molecular formula is C31H32N2O4S. The van der Waals surface area contributed by atoms with Crippen molar-refractivity contribution in [2.24, 2.45) is 5.92 Å². The lowest BCUT2D eigenvalue weighted by atomic mass is 9.85. The van der Waals surface area contributed by atoms with Crippen LogP contribution < -0.4 is 10.1 Å². The van der Waals surface area contributed by atoms with Crippen molar-refractivity contribution < 1.29 is 19.1 Å². The number of carbonyl (C=O) groups excluding carboxylic acids is 2. The van der Waals surface area contributed by atoms with Gasteiger partial charge in [-0.2, -0.15) is 0 Å². The first-order valence-corrected chi connectivity index (χ1v) is 14.0. The van der Waals surface area contributed by atoms with Crippen LogP contribution in [0.3, 0.4) is 0 Å². The summed E-state index contributed by atoms with van der Waals surface area (Å²) in [5.74, 6) is 0.678. The highest BCUT2D eigenvalue weighted by atomic mass is 32.1. The molecule has 7 heteroatoms. The van der Waals surface area contributed by atoms with Gasteiger partial charge in [0.1, 0.15) is 10.8 Å². The Hall–Kier alpha value is -3.71. The summed E-state index contributed by atoms with van der Waals surface area (Å²) in [7, 11) is 1.39. The molecule has 4 aromatic rings. The number of rotatable bonds is 8. The smallest absolute Gasteiger partial charge is 0.341 e. The monoisotopic (exact) mass is 528 g/mol. The van der Waals surface area contributed by atoms with E-state index in [0.717, 1.165) is 59.9 Å². The summed E-state index contributed by atoms with van der Waals surface area (Å²) >= 11 is 1.50. The summed E-state index contributed by atoms with van der Waals surface area (Å²) in [5.41, 5.74) is 4.28. The number of amides is 1. The second-order valence-corrected chi connectivity index (χ2v) is 10.7. The van der Waals surface area contributed by atoms with E-state index in [1.165, 1.54) is 23.3 Å². The van der Waals surface area contributed by atoms with E-state index in [9.17, 15) is 9.59 Å². The maximum atomic E-state index is 13.8. The Labute approximate surface area is 227 Å². The van der Waals surface area contributed by atoms with Gasteiger partial charge in [-0.1, -0.05) is 50.6 Å². The lowest BCUT2D eigenvalue weighted by Gasteiger charge is -2.20. The average Bonchev–Trinajstić information content (AvgIpc) is 3.31. The first-order chi connectivity index (χ1) is 18.5. The molecule has 196 valence electrons. The largest absolute Gasteiger partial charge is 0.494 e. The number of methoxy groups -OCH3 is 1. The Morgan fingerprint density at radius 1 is 1.11 bits per heavy atom. The van der Waals surface area contributed by atoms with Crippen molar-refractivity contribution in [1.29, 1.82) is 0 Å². The van der Waals surface area contributed by atoms with Crippen molar-refractivity contribution in [3.8, 4) is 17.0 Å². The van der Waals surface area contributed by atoms with E-state index < -0.39 is 5.97 Å². The molecule has 6 nitrogen and oxygen atoms in total. The third kappa shape index (κ3) is 5.16. The number of pyridine rings is 1. The molecule has 0 aliphatic heterocycles. The number of ether oxygens (including phenoxy) is 2.